The van der Waals surface area contributed by atoms with Gasteiger partial charge in [-0.1, -0.05) is 65.5 Å². The predicted molar refractivity (Wildman–Crippen MR) is 158 cm³/mol. The van der Waals surface area contributed by atoms with Gasteiger partial charge in [-0.25, -0.2) is 4.98 Å². The van der Waals surface area contributed by atoms with Crippen molar-refractivity contribution in [1.29, 1.82) is 0 Å². The number of hydrogen-bond donors (Lipinski definition) is 0. The Balaban J connectivity index is 1.48. The topological polar surface area (TPSA) is 63.9 Å². The molecule has 0 atom stereocenters. The summed E-state index contributed by atoms with van der Waals surface area (Å²) in [6.45, 7) is 2.35. The summed E-state index contributed by atoms with van der Waals surface area (Å²) in [6.07, 6.45) is 4.01. The first-order chi connectivity index (χ1) is 18.3. The van der Waals surface area contributed by atoms with Gasteiger partial charge in [-0.3, -0.25) is 18.9 Å². The molecule has 1 amide bonds. The van der Waals surface area contributed by atoms with Crippen LogP contribution in [0.25, 0.3) is 11.7 Å². The maximum atomic E-state index is 13.6. The molecule has 0 N–H and O–H groups in total. The van der Waals surface area contributed by atoms with Gasteiger partial charge in [0.15, 0.2) is 0 Å². The summed E-state index contributed by atoms with van der Waals surface area (Å²) in [5.74, 6) is 0.560. The van der Waals surface area contributed by atoms with Gasteiger partial charge in [-0.15, -0.1) is 0 Å². The summed E-state index contributed by atoms with van der Waals surface area (Å²) in [7, 11) is 1.62. The van der Waals surface area contributed by atoms with Gasteiger partial charge in [0, 0.05) is 22.7 Å². The molecule has 6 nitrogen and oxygen atoms in total. The number of methoxy groups -OCH3 is 1. The van der Waals surface area contributed by atoms with Crippen molar-refractivity contribution in [3.63, 3.8) is 0 Å². The maximum absolute atomic E-state index is 13.6. The van der Waals surface area contributed by atoms with E-state index in [1.165, 1.54) is 27.9 Å². The minimum absolute atomic E-state index is 0.218. The molecule has 5 rings (SSSR count). The Kier molecular flexibility index (Phi) is 7.90. The maximum Gasteiger partial charge on any atom is 0.266 e. The third-order valence-corrected chi connectivity index (χ3v) is 8.57. The number of benzene rings is 2. The fraction of sp³-hybridized carbons (Fsp3) is 0.143. The molecule has 0 aliphatic carbocycles. The van der Waals surface area contributed by atoms with Crippen molar-refractivity contribution in [2.24, 2.45) is 0 Å². The zero-order valence-corrected chi connectivity index (χ0v) is 23.7. The molecule has 2 aromatic carbocycles. The first-order valence-electron chi connectivity index (χ1n) is 11.7. The molecule has 0 unspecified atom stereocenters. The van der Waals surface area contributed by atoms with E-state index in [4.69, 9.17) is 33.5 Å². The number of pyridine rings is 1. The Labute approximate surface area is 238 Å². The highest BCUT2D eigenvalue weighted by atomic mass is 35.5. The quantitative estimate of drug-likeness (QED) is 0.145. The first-order valence-corrected chi connectivity index (χ1v) is 14.1. The lowest BCUT2D eigenvalue weighted by atomic mass is 10.1. The summed E-state index contributed by atoms with van der Waals surface area (Å²) in [4.78, 5) is 34.6. The van der Waals surface area contributed by atoms with E-state index in [2.05, 4.69) is 0 Å². The van der Waals surface area contributed by atoms with Gasteiger partial charge in [0.25, 0.3) is 11.5 Å². The molecule has 1 saturated heterocycles. The summed E-state index contributed by atoms with van der Waals surface area (Å²) in [5.41, 5.74) is 2.61. The number of carbonyl (C=O) groups is 1. The largest absolute Gasteiger partial charge is 0.497 e. The number of ether oxygens (including phenoxy) is 1. The molecule has 1 fully saturated rings. The monoisotopic (exact) mass is 579 g/mol. The number of fused-ring (bicyclic) bond motifs is 1. The normalized spacial score (nSPS) is 14.6. The highest BCUT2D eigenvalue weighted by Gasteiger charge is 2.32. The number of aryl methyl sites for hydroxylation is 1. The van der Waals surface area contributed by atoms with E-state index in [0.29, 0.717) is 43.5 Å². The Morgan fingerprint density at radius 1 is 1.08 bits per heavy atom. The van der Waals surface area contributed by atoms with E-state index in [1.54, 1.807) is 36.4 Å². The van der Waals surface area contributed by atoms with Gasteiger partial charge in [-0.05, 0) is 73.0 Å². The molecule has 3 heterocycles. The lowest BCUT2D eigenvalue weighted by Gasteiger charge is -2.14. The summed E-state index contributed by atoms with van der Waals surface area (Å²) in [5, 5.41) is 1.12. The van der Waals surface area contributed by atoms with Crippen LogP contribution in [0.1, 0.15) is 16.7 Å². The van der Waals surface area contributed by atoms with Crippen LogP contribution < -0.4 is 10.3 Å². The van der Waals surface area contributed by atoms with Crippen LogP contribution in [0, 0.1) is 6.92 Å². The molecule has 0 spiro atoms. The van der Waals surface area contributed by atoms with E-state index in [9.17, 15) is 9.59 Å². The third-order valence-electron chi connectivity index (χ3n) is 5.93. The van der Waals surface area contributed by atoms with Crippen molar-refractivity contribution in [1.82, 2.24) is 14.3 Å². The van der Waals surface area contributed by atoms with E-state index in [1.807, 2.05) is 55.5 Å². The van der Waals surface area contributed by atoms with Crippen molar-refractivity contribution < 1.29 is 9.53 Å². The van der Waals surface area contributed by atoms with Crippen LogP contribution in [0.5, 0.6) is 5.75 Å². The van der Waals surface area contributed by atoms with Crippen molar-refractivity contribution in [2.75, 3.05) is 13.7 Å². The van der Waals surface area contributed by atoms with Gasteiger partial charge in [0.1, 0.15) is 20.7 Å². The van der Waals surface area contributed by atoms with Crippen LogP contribution in [-0.4, -0.2) is 38.2 Å². The Hall–Kier alpha value is -3.11. The molecular weight excluding hydrogens is 558 g/mol. The zero-order chi connectivity index (χ0) is 26.8. The first kappa shape index (κ1) is 26.5. The standard InChI is InChI=1S/C28H22ClN3O3S3/c1-17-3-12-24-30-25(37-21-10-6-19(29)7-11-21)22(26(33)32(24)16-17)15-23-27(34)31(28(36)38-23)14-13-18-4-8-20(35-2)9-5-18/h3-12,15-16H,13-14H2,1-2H3. The molecule has 0 radical (unpaired) electrons. The van der Waals surface area contributed by atoms with Crippen molar-refractivity contribution >= 4 is 69.3 Å². The Morgan fingerprint density at radius 2 is 1.82 bits per heavy atom. The van der Waals surface area contributed by atoms with Crippen LogP contribution in [0.4, 0.5) is 0 Å². The second kappa shape index (κ2) is 11.3. The molecule has 2 aromatic heterocycles. The zero-order valence-electron chi connectivity index (χ0n) is 20.5. The van der Waals surface area contributed by atoms with Crippen molar-refractivity contribution in [2.45, 2.75) is 23.3 Å². The van der Waals surface area contributed by atoms with Crippen LogP contribution in [0.2, 0.25) is 5.02 Å². The van der Waals surface area contributed by atoms with Gasteiger partial charge < -0.3 is 4.74 Å². The van der Waals surface area contributed by atoms with Gasteiger partial charge in [0.05, 0.1) is 17.6 Å². The summed E-state index contributed by atoms with van der Waals surface area (Å²) in [6, 6.07) is 18.7. The minimum Gasteiger partial charge on any atom is -0.497 e. The van der Waals surface area contributed by atoms with Crippen LogP contribution in [-0.2, 0) is 11.2 Å². The highest BCUT2D eigenvalue weighted by molar-refractivity contribution is 8.26. The lowest BCUT2D eigenvalue weighted by molar-refractivity contribution is -0.122. The van der Waals surface area contributed by atoms with E-state index >= 15 is 0 Å². The van der Waals surface area contributed by atoms with E-state index in [-0.39, 0.29) is 11.5 Å². The number of rotatable bonds is 7. The van der Waals surface area contributed by atoms with Crippen LogP contribution in [0.15, 0.2) is 86.5 Å². The molecule has 0 saturated carbocycles. The van der Waals surface area contributed by atoms with Crippen molar-refractivity contribution in [3.05, 3.63) is 104 Å². The molecule has 10 heteroatoms. The second-order valence-electron chi connectivity index (χ2n) is 8.56. The SMILES string of the molecule is COc1ccc(CCN2C(=O)C(=Cc3c(Sc4ccc(Cl)cc4)nc4ccc(C)cn4c3=O)SC2=S)cc1. The van der Waals surface area contributed by atoms with Gasteiger partial charge >= 0.3 is 0 Å². The number of amides is 1. The van der Waals surface area contributed by atoms with Crippen LogP contribution >= 0.6 is 47.3 Å². The number of thioether (sulfide) groups is 1. The number of thiocarbonyl (C=S) groups is 1. The number of halogens is 1. The average Bonchev–Trinajstić information content (AvgIpc) is 3.18. The molecule has 4 aromatic rings. The number of nitrogens with zero attached hydrogens (tertiary/aromatic N) is 3. The van der Waals surface area contributed by atoms with E-state index in [0.717, 1.165) is 21.8 Å². The number of hydrogen-bond acceptors (Lipinski definition) is 7. The molecule has 38 heavy (non-hydrogen) atoms. The molecule has 192 valence electrons. The predicted octanol–water partition coefficient (Wildman–Crippen LogP) is 6.26. The minimum atomic E-state index is -0.251. The Morgan fingerprint density at radius 3 is 2.53 bits per heavy atom. The van der Waals surface area contributed by atoms with E-state index < -0.39 is 0 Å². The fourth-order valence-corrected chi connectivity index (χ4v) is 6.22. The molecule has 1 aliphatic heterocycles. The summed E-state index contributed by atoms with van der Waals surface area (Å²) < 4.78 is 7.19. The van der Waals surface area contributed by atoms with Gasteiger partial charge in [0.2, 0.25) is 0 Å². The molecular formula is C28H22ClN3O3S3. The Bertz CT molecular complexity index is 1630. The fourth-order valence-electron chi connectivity index (χ4n) is 3.91. The number of carbonyl (C=O) groups excluding carboxylic acids is 1. The average molecular weight is 580 g/mol. The van der Waals surface area contributed by atoms with Gasteiger partial charge in [-0.2, -0.15) is 0 Å². The number of aromatic nitrogens is 2. The van der Waals surface area contributed by atoms with Crippen LogP contribution in [0.3, 0.4) is 0 Å². The second-order valence-corrected chi connectivity index (χ2v) is 11.7. The third kappa shape index (κ3) is 5.66. The lowest BCUT2D eigenvalue weighted by Crippen LogP contribution is -2.30. The molecule has 0 bridgehead atoms. The highest BCUT2D eigenvalue weighted by Crippen LogP contribution is 2.35. The smallest absolute Gasteiger partial charge is 0.266 e. The van der Waals surface area contributed by atoms with Crippen molar-refractivity contribution in [3.8, 4) is 5.75 Å². The molecule has 1 aliphatic rings. The summed E-state index contributed by atoms with van der Waals surface area (Å²) >= 11 is 14.1.